The number of nitrogens with one attached hydrogen (secondary N) is 2. The molecule has 5 nitrogen and oxygen atoms in total. The summed E-state index contributed by atoms with van der Waals surface area (Å²) in [4.78, 5) is 29.6. The summed E-state index contributed by atoms with van der Waals surface area (Å²) in [5.74, 6) is -1.51. The molecular weight excluding hydrogens is 513 g/mol. The maximum Gasteiger partial charge on any atom is 0.257 e. The van der Waals surface area contributed by atoms with Crippen LogP contribution in [0.4, 0.5) is 15.8 Å². The van der Waals surface area contributed by atoms with E-state index in [4.69, 9.17) is 0 Å². The van der Waals surface area contributed by atoms with Crippen LogP contribution in [0.5, 0.6) is 0 Å². The van der Waals surface area contributed by atoms with Gasteiger partial charge in [-0.2, -0.15) is 0 Å². The van der Waals surface area contributed by atoms with Gasteiger partial charge in [0.25, 0.3) is 5.91 Å². The zero-order valence-electron chi connectivity index (χ0n) is 24.7. The summed E-state index contributed by atoms with van der Waals surface area (Å²) in [6.45, 7) is 8.65. The molecule has 1 aliphatic heterocycles. The molecule has 0 spiro atoms. The second-order valence-corrected chi connectivity index (χ2v) is 12.7. The lowest BCUT2D eigenvalue weighted by Gasteiger charge is -2.41. The Morgan fingerprint density at radius 2 is 1.59 bits per heavy atom. The maximum atomic E-state index is 15.0. The van der Waals surface area contributed by atoms with Crippen molar-refractivity contribution >= 4 is 23.2 Å². The first kappa shape index (κ1) is 28.8. The molecule has 3 aromatic carbocycles. The van der Waals surface area contributed by atoms with Gasteiger partial charge in [-0.25, -0.2) is 4.39 Å². The highest BCUT2D eigenvalue weighted by Crippen LogP contribution is 2.39. The Hall–Kier alpha value is -3.67. The molecule has 0 radical (unpaired) electrons. The van der Waals surface area contributed by atoms with Crippen molar-refractivity contribution in [1.82, 2.24) is 4.90 Å². The van der Waals surface area contributed by atoms with Crippen molar-refractivity contribution in [3.05, 3.63) is 94.8 Å². The van der Waals surface area contributed by atoms with Crippen LogP contribution >= 0.6 is 0 Å². The molecule has 0 bridgehead atoms. The normalized spacial score (nSPS) is 19.7. The van der Waals surface area contributed by atoms with E-state index in [1.165, 1.54) is 31.7 Å². The van der Waals surface area contributed by atoms with Gasteiger partial charge in [-0.15, -0.1) is 0 Å². The number of carbonyl (C=O) groups excluding carboxylic acids is 2. The van der Waals surface area contributed by atoms with Gasteiger partial charge in [0, 0.05) is 24.0 Å². The smallest absolute Gasteiger partial charge is 0.257 e. The van der Waals surface area contributed by atoms with Crippen molar-refractivity contribution in [3.8, 4) is 0 Å². The van der Waals surface area contributed by atoms with E-state index >= 15 is 0 Å². The molecule has 0 aromatic heterocycles. The molecule has 1 heterocycles. The largest absolute Gasteiger partial charge is 0.382 e. The average Bonchev–Trinajstić information content (AvgIpc) is 3.46. The van der Waals surface area contributed by atoms with Crippen LogP contribution in [0.1, 0.15) is 92.4 Å². The molecule has 1 aliphatic carbocycles. The van der Waals surface area contributed by atoms with Gasteiger partial charge in [-0.1, -0.05) is 70.0 Å². The minimum atomic E-state index is -0.532. The molecular formula is C35H42FN3O2. The van der Waals surface area contributed by atoms with Crippen LogP contribution in [0.2, 0.25) is 0 Å². The number of hydrogen-bond acceptors (Lipinski definition) is 3. The molecule has 1 saturated heterocycles. The molecule has 2 atom stereocenters. The molecule has 6 heteroatoms. The quantitative estimate of drug-likeness (QED) is 0.324. The highest BCUT2D eigenvalue weighted by atomic mass is 19.1. The predicted octanol–water partition coefficient (Wildman–Crippen LogP) is 8.02. The molecule has 1 saturated carbocycles. The Labute approximate surface area is 243 Å². The Kier molecular flexibility index (Phi) is 8.48. The van der Waals surface area contributed by atoms with Gasteiger partial charge in [0.05, 0.1) is 17.5 Å². The first-order valence-electron chi connectivity index (χ1n) is 15.0. The molecule has 216 valence electrons. The standard InChI is InChI=1S/C35H42FN3O2/c1-23-10-7-16-30(36)31(23)34(41)39-21-9-15-29(33(40)38-28-14-8-11-25(22-28)35(2,3)4)32(39)24-17-19-27(20-18-24)37-26-12-5-6-13-26/h7-8,10-11,14,16-20,22,26,29,32,37H,5-6,9,12-13,15,21H2,1-4H3,(H,38,40)/t29-,32+/m0/s1. The van der Waals surface area contributed by atoms with Gasteiger partial charge in [0.2, 0.25) is 5.91 Å². The molecule has 0 unspecified atom stereocenters. The second kappa shape index (κ2) is 12.1. The maximum absolute atomic E-state index is 15.0. The summed E-state index contributed by atoms with van der Waals surface area (Å²) < 4.78 is 15.0. The lowest BCUT2D eigenvalue weighted by atomic mass is 9.83. The van der Waals surface area contributed by atoms with Crippen LogP contribution < -0.4 is 10.6 Å². The summed E-state index contributed by atoms with van der Waals surface area (Å²) in [6.07, 6.45) is 6.15. The van der Waals surface area contributed by atoms with E-state index in [-0.39, 0.29) is 22.8 Å². The third kappa shape index (κ3) is 6.47. The van der Waals surface area contributed by atoms with Crippen LogP contribution in [-0.4, -0.2) is 29.3 Å². The molecule has 2 aliphatic rings. The van der Waals surface area contributed by atoms with E-state index in [0.717, 1.165) is 22.5 Å². The minimum absolute atomic E-state index is 0.0524. The SMILES string of the molecule is Cc1cccc(F)c1C(=O)N1CCC[C@H](C(=O)Nc2cccc(C(C)(C)C)c2)[C@H]1c1ccc(NC2CCCC2)cc1. The van der Waals surface area contributed by atoms with Crippen molar-refractivity contribution in [3.63, 3.8) is 0 Å². The number of likely N-dealkylation sites (tertiary alicyclic amines) is 1. The number of hydrogen-bond donors (Lipinski definition) is 2. The van der Waals surface area contributed by atoms with Gasteiger partial charge < -0.3 is 15.5 Å². The average molecular weight is 556 g/mol. The number of nitrogens with zero attached hydrogens (tertiary/aromatic N) is 1. The molecule has 2 fully saturated rings. The van der Waals surface area contributed by atoms with Gasteiger partial charge in [-0.05, 0) is 85.0 Å². The Balaban J connectivity index is 1.47. The Bertz CT molecular complexity index is 1370. The third-order valence-corrected chi connectivity index (χ3v) is 8.64. The fourth-order valence-corrected chi connectivity index (χ4v) is 6.34. The number of carbonyl (C=O) groups is 2. The zero-order valence-corrected chi connectivity index (χ0v) is 24.7. The molecule has 5 rings (SSSR count). The van der Waals surface area contributed by atoms with Crippen LogP contribution in [0.15, 0.2) is 66.7 Å². The van der Waals surface area contributed by atoms with Crippen molar-refractivity contribution < 1.29 is 14.0 Å². The van der Waals surface area contributed by atoms with Crippen molar-refractivity contribution in [2.45, 2.75) is 83.7 Å². The van der Waals surface area contributed by atoms with Crippen molar-refractivity contribution in [1.29, 1.82) is 0 Å². The van der Waals surface area contributed by atoms with E-state index in [1.54, 1.807) is 24.0 Å². The lowest BCUT2D eigenvalue weighted by molar-refractivity contribution is -0.123. The monoisotopic (exact) mass is 555 g/mol. The fourth-order valence-electron chi connectivity index (χ4n) is 6.34. The summed E-state index contributed by atoms with van der Waals surface area (Å²) >= 11 is 0. The molecule has 2 N–H and O–H groups in total. The van der Waals surface area contributed by atoms with Crippen LogP contribution in [0, 0.1) is 18.7 Å². The van der Waals surface area contributed by atoms with Gasteiger partial charge in [0.15, 0.2) is 0 Å². The van der Waals surface area contributed by atoms with Crippen LogP contribution in [-0.2, 0) is 10.2 Å². The highest BCUT2D eigenvalue weighted by Gasteiger charge is 2.40. The van der Waals surface area contributed by atoms with E-state index < -0.39 is 17.8 Å². The summed E-state index contributed by atoms with van der Waals surface area (Å²) in [5.41, 5.74) is 4.42. The van der Waals surface area contributed by atoms with Crippen molar-refractivity contribution in [2.24, 2.45) is 5.92 Å². The van der Waals surface area contributed by atoms with Crippen LogP contribution in [0.25, 0.3) is 0 Å². The predicted molar refractivity (Wildman–Crippen MR) is 164 cm³/mol. The first-order valence-corrected chi connectivity index (χ1v) is 15.0. The van der Waals surface area contributed by atoms with Gasteiger partial charge >= 0.3 is 0 Å². The van der Waals surface area contributed by atoms with Gasteiger partial charge in [-0.3, -0.25) is 9.59 Å². The molecule has 41 heavy (non-hydrogen) atoms. The molecule has 2 amide bonds. The fraction of sp³-hybridized carbons (Fsp3) is 0.429. The van der Waals surface area contributed by atoms with Gasteiger partial charge in [0.1, 0.15) is 5.82 Å². The number of anilines is 2. The van der Waals surface area contributed by atoms with E-state index in [9.17, 15) is 14.0 Å². The third-order valence-electron chi connectivity index (χ3n) is 8.64. The number of amides is 2. The summed E-state index contributed by atoms with van der Waals surface area (Å²) in [7, 11) is 0. The number of halogens is 1. The Morgan fingerprint density at radius 3 is 2.27 bits per heavy atom. The van der Waals surface area contributed by atoms with E-state index in [0.29, 0.717) is 31.0 Å². The van der Waals surface area contributed by atoms with E-state index in [2.05, 4.69) is 37.5 Å². The van der Waals surface area contributed by atoms with Crippen molar-refractivity contribution in [2.75, 3.05) is 17.2 Å². The Morgan fingerprint density at radius 1 is 0.878 bits per heavy atom. The second-order valence-electron chi connectivity index (χ2n) is 12.7. The first-order chi connectivity index (χ1) is 19.6. The van der Waals surface area contributed by atoms with E-state index in [1.807, 2.05) is 42.5 Å². The summed E-state index contributed by atoms with van der Waals surface area (Å²) in [5, 5.41) is 6.76. The molecule has 3 aromatic rings. The summed E-state index contributed by atoms with van der Waals surface area (Å²) in [6, 6.07) is 20.7. The number of piperidine rings is 1. The van der Waals surface area contributed by atoms with Crippen LogP contribution in [0.3, 0.4) is 0 Å². The lowest BCUT2D eigenvalue weighted by Crippen LogP contribution is -2.46. The zero-order chi connectivity index (χ0) is 29.1. The minimum Gasteiger partial charge on any atom is -0.382 e. The number of benzene rings is 3. The number of rotatable bonds is 6. The number of aryl methyl sites for hydroxylation is 1. The highest BCUT2D eigenvalue weighted by molar-refractivity contribution is 5.98. The topological polar surface area (TPSA) is 61.4 Å².